The van der Waals surface area contributed by atoms with E-state index in [1.54, 1.807) is 0 Å². The van der Waals surface area contributed by atoms with E-state index in [0.717, 1.165) is 11.8 Å². The first-order valence-electron chi connectivity index (χ1n) is 8.03. The smallest absolute Gasteiger partial charge is 0.0545 e. The van der Waals surface area contributed by atoms with Crippen LogP contribution in [0.25, 0.3) is 0 Å². The molecule has 0 aromatic heterocycles. The summed E-state index contributed by atoms with van der Waals surface area (Å²) in [6, 6.07) is 0. The standard InChI is InChI=1S/C18H36O/c1-12(2)13(3)16(5,6)11-18(9)10-15(14(4)19)17(18,7)8/h12-15,19H,10-11H2,1-9H3. The third-order valence-corrected chi connectivity index (χ3v) is 6.81. The van der Waals surface area contributed by atoms with Crippen molar-refractivity contribution in [2.45, 2.75) is 81.3 Å². The molecule has 19 heavy (non-hydrogen) atoms. The Kier molecular flexibility index (Phi) is 4.53. The van der Waals surface area contributed by atoms with Crippen molar-refractivity contribution in [3.05, 3.63) is 0 Å². The molecule has 1 aliphatic rings. The predicted molar refractivity (Wildman–Crippen MR) is 84.1 cm³/mol. The number of aliphatic hydroxyl groups is 1. The van der Waals surface area contributed by atoms with E-state index in [4.69, 9.17) is 0 Å². The van der Waals surface area contributed by atoms with E-state index in [1.807, 2.05) is 6.92 Å². The van der Waals surface area contributed by atoms with Gasteiger partial charge in [-0.15, -0.1) is 0 Å². The van der Waals surface area contributed by atoms with Crippen LogP contribution in [0.3, 0.4) is 0 Å². The highest BCUT2D eigenvalue weighted by Crippen LogP contribution is 2.65. The van der Waals surface area contributed by atoms with E-state index in [-0.39, 0.29) is 11.5 Å². The Morgan fingerprint density at radius 3 is 1.89 bits per heavy atom. The minimum absolute atomic E-state index is 0.172. The van der Waals surface area contributed by atoms with Crippen molar-refractivity contribution in [1.29, 1.82) is 0 Å². The van der Waals surface area contributed by atoms with Gasteiger partial charge in [0.1, 0.15) is 0 Å². The van der Waals surface area contributed by atoms with Gasteiger partial charge < -0.3 is 5.11 Å². The first kappa shape index (κ1) is 17.0. The van der Waals surface area contributed by atoms with Crippen molar-refractivity contribution in [2.24, 2.45) is 34.0 Å². The lowest BCUT2D eigenvalue weighted by Gasteiger charge is -2.64. The van der Waals surface area contributed by atoms with Crippen LogP contribution in [0.1, 0.15) is 75.2 Å². The molecule has 0 aromatic carbocycles. The summed E-state index contributed by atoms with van der Waals surface area (Å²) in [5.41, 5.74) is 0.973. The second-order valence-corrected chi connectivity index (χ2v) is 9.03. The number of hydrogen-bond acceptors (Lipinski definition) is 1. The molecule has 4 unspecified atom stereocenters. The Bertz CT molecular complexity index is 314. The Morgan fingerprint density at radius 2 is 1.58 bits per heavy atom. The van der Waals surface area contributed by atoms with Gasteiger partial charge in [0.15, 0.2) is 0 Å². The summed E-state index contributed by atoms with van der Waals surface area (Å²) in [7, 11) is 0. The quantitative estimate of drug-likeness (QED) is 0.733. The zero-order valence-electron chi connectivity index (χ0n) is 14.7. The number of aliphatic hydroxyl groups excluding tert-OH is 1. The van der Waals surface area contributed by atoms with Gasteiger partial charge in [-0.05, 0) is 53.8 Å². The van der Waals surface area contributed by atoms with E-state index >= 15 is 0 Å². The molecule has 0 heterocycles. The lowest BCUT2D eigenvalue weighted by molar-refractivity contribution is -0.173. The minimum Gasteiger partial charge on any atom is -0.393 e. The highest BCUT2D eigenvalue weighted by Gasteiger charge is 2.59. The molecule has 114 valence electrons. The maximum absolute atomic E-state index is 9.94. The van der Waals surface area contributed by atoms with Gasteiger partial charge in [-0.1, -0.05) is 55.4 Å². The maximum Gasteiger partial charge on any atom is 0.0545 e. The fourth-order valence-electron chi connectivity index (χ4n) is 4.46. The average Bonchev–Trinajstić information content (AvgIpc) is 2.23. The van der Waals surface area contributed by atoms with Gasteiger partial charge in [-0.3, -0.25) is 0 Å². The highest BCUT2D eigenvalue weighted by atomic mass is 16.3. The fraction of sp³-hybridized carbons (Fsp3) is 1.00. The van der Waals surface area contributed by atoms with Crippen molar-refractivity contribution >= 4 is 0 Å². The van der Waals surface area contributed by atoms with Gasteiger partial charge in [0.05, 0.1) is 6.10 Å². The van der Waals surface area contributed by atoms with E-state index in [1.165, 1.54) is 12.8 Å². The van der Waals surface area contributed by atoms with Crippen molar-refractivity contribution in [2.75, 3.05) is 0 Å². The Balaban J connectivity index is 2.83. The van der Waals surface area contributed by atoms with Crippen LogP contribution in [0.2, 0.25) is 0 Å². The fourth-order valence-corrected chi connectivity index (χ4v) is 4.46. The van der Waals surface area contributed by atoms with Crippen molar-refractivity contribution in [3.63, 3.8) is 0 Å². The summed E-state index contributed by atoms with van der Waals surface area (Å²) in [6.07, 6.45) is 2.26. The van der Waals surface area contributed by atoms with Crippen LogP contribution in [0.15, 0.2) is 0 Å². The van der Waals surface area contributed by atoms with Gasteiger partial charge in [0.25, 0.3) is 0 Å². The summed E-state index contributed by atoms with van der Waals surface area (Å²) in [5.74, 6) is 1.92. The van der Waals surface area contributed by atoms with Crippen LogP contribution in [0, 0.1) is 34.0 Å². The average molecular weight is 268 g/mol. The molecule has 1 fully saturated rings. The van der Waals surface area contributed by atoms with Crippen LogP contribution in [-0.4, -0.2) is 11.2 Å². The summed E-state index contributed by atoms with van der Waals surface area (Å²) in [6.45, 7) is 21.0. The van der Waals surface area contributed by atoms with E-state index in [9.17, 15) is 5.11 Å². The molecule has 1 heteroatoms. The Morgan fingerprint density at radius 1 is 1.11 bits per heavy atom. The number of rotatable bonds is 5. The molecule has 0 aromatic rings. The highest BCUT2D eigenvalue weighted by molar-refractivity contribution is 5.08. The molecule has 0 amide bonds. The molecule has 1 aliphatic carbocycles. The first-order valence-corrected chi connectivity index (χ1v) is 8.03. The number of hydrogen-bond donors (Lipinski definition) is 1. The maximum atomic E-state index is 9.94. The van der Waals surface area contributed by atoms with Gasteiger partial charge in [0.2, 0.25) is 0 Å². The Labute approximate surface area is 121 Å². The monoisotopic (exact) mass is 268 g/mol. The third-order valence-electron chi connectivity index (χ3n) is 6.81. The second-order valence-electron chi connectivity index (χ2n) is 9.03. The molecular weight excluding hydrogens is 232 g/mol. The largest absolute Gasteiger partial charge is 0.393 e. The first-order chi connectivity index (χ1) is 8.35. The van der Waals surface area contributed by atoms with Crippen LogP contribution in [-0.2, 0) is 0 Å². The molecule has 0 saturated heterocycles. The zero-order valence-corrected chi connectivity index (χ0v) is 14.7. The topological polar surface area (TPSA) is 20.2 Å². The molecule has 1 N–H and O–H groups in total. The lowest BCUT2D eigenvalue weighted by Crippen LogP contribution is -2.58. The van der Waals surface area contributed by atoms with Crippen LogP contribution in [0.5, 0.6) is 0 Å². The van der Waals surface area contributed by atoms with Crippen LogP contribution in [0.4, 0.5) is 0 Å². The van der Waals surface area contributed by atoms with Gasteiger partial charge in [0, 0.05) is 0 Å². The van der Waals surface area contributed by atoms with Crippen LogP contribution < -0.4 is 0 Å². The minimum atomic E-state index is -0.172. The van der Waals surface area contributed by atoms with Gasteiger partial charge >= 0.3 is 0 Å². The SMILES string of the molecule is CC(C)C(C)C(C)(C)CC1(C)CC(C(C)O)C1(C)C. The lowest BCUT2D eigenvalue weighted by atomic mass is 9.41. The molecule has 1 rings (SSSR count). The van der Waals surface area contributed by atoms with Gasteiger partial charge in [-0.2, -0.15) is 0 Å². The van der Waals surface area contributed by atoms with E-state index < -0.39 is 0 Å². The normalized spacial score (nSPS) is 33.9. The third kappa shape index (κ3) is 2.86. The van der Waals surface area contributed by atoms with Crippen molar-refractivity contribution < 1.29 is 5.11 Å². The summed E-state index contributed by atoms with van der Waals surface area (Å²) in [5, 5.41) is 9.94. The molecule has 0 aliphatic heterocycles. The zero-order chi connectivity index (χ0) is 15.2. The molecule has 0 radical (unpaired) electrons. The predicted octanol–water partition coefficient (Wildman–Crippen LogP) is 5.13. The van der Waals surface area contributed by atoms with E-state index in [2.05, 4.69) is 55.4 Å². The molecule has 1 saturated carbocycles. The van der Waals surface area contributed by atoms with Crippen LogP contribution >= 0.6 is 0 Å². The van der Waals surface area contributed by atoms with Gasteiger partial charge in [-0.25, -0.2) is 0 Å². The van der Waals surface area contributed by atoms with Crippen molar-refractivity contribution in [3.8, 4) is 0 Å². The molecule has 0 spiro atoms. The summed E-state index contributed by atoms with van der Waals surface area (Å²) in [4.78, 5) is 0. The second kappa shape index (κ2) is 5.06. The molecule has 4 atom stereocenters. The summed E-state index contributed by atoms with van der Waals surface area (Å²) < 4.78 is 0. The summed E-state index contributed by atoms with van der Waals surface area (Å²) >= 11 is 0. The molecule has 0 bridgehead atoms. The van der Waals surface area contributed by atoms with E-state index in [0.29, 0.717) is 16.7 Å². The molecular formula is C18H36O. The Hall–Kier alpha value is -0.0400. The molecule has 1 nitrogen and oxygen atoms in total. The van der Waals surface area contributed by atoms with Crippen molar-refractivity contribution in [1.82, 2.24) is 0 Å².